The fourth-order valence-electron chi connectivity index (χ4n) is 3.21. The van der Waals surface area contributed by atoms with Crippen molar-refractivity contribution < 1.29 is 13.2 Å². The Labute approximate surface area is 155 Å². The Bertz CT molecular complexity index is 928. The quantitative estimate of drug-likeness (QED) is 0.898. The normalized spacial score (nSPS) is 17.1. The number of hydrogen-bond donors (Lipinski definition) is 1. The number of anilines is 1. The fraction of sp³-hybridized carbons (Fsp3) is 0.350. The summed E-state index contributed by atoms with van der Waals surface area (Å²) in [6.45, 7) is 7.60. The largest absolute Gasteiger partial charge is 0.347 e. The maximum absolute atomic E-state index is 13.1. The number of sulfonamides is 1. The van der Waals surface area contributed by atoms with Crippen LogP contribution in [0, 0.1) is 0 Å². The highest BCUT2D eigenvalue weighted by molar-refractivity contribution is 7.92. The monoisotopic (exact) mass is 372 g/mol. The third kappa shape index (κ3) is 3.46. The summed E-state index contributed by atoms with van der Waals surface area (Å²) >= 11 is 0. The molecule has 1 heterocycles. The van der Waals surface area contributed by atoms with Gasteiger partial charge in [0.05, 0.1) is 10.6 Å². The van der Waals surface area contributed by atoms with Gasteiger partial charge >= 0.3 is 0 Å². The second-order valence-corrected chi connectivity index (χ2v) is 9.53. The van der Waals surface area contributed by atoms with Gasteiger partial charge in [0.2, 0.25) is 0 Å². The number of nitrogens with zero attached hydrogens (tertiary/aromatic N) is 1. The summed E-state index contributed by atoms with van der Waals surface area (Å²) in [5.74, 6) is -0.221. The number of rotatable bonds is 3. The Morgan fingerprint density at radius 2 is 1.69 bits per heavy atom. The number of amides is 1. The molecule has 138 valence electrons. The minimum Gasteiger partial charge on any atom is -0.347 e. The van der Waals surface area contributed by atoms with Crippen molar-refractivity contribution in [2.45, 2.75) is 50.6 Å². The van der Waals surface area contributed by atoms with Gasteiger partial charge < -0.3 is 5.32 Å². The van der Waals surface area contributed by atoms with E-state index in [0.29, 0.717) is 12.0 Å². The van der Waals surface area contributed by atoms with Crippen molar-refractivity contribution >= 4 is 21.6 Å². The van der Waals surface area contributed by atoms with Gasteiger partial charge in [0.25, 0.3) is 15.9 Å². The lowest BCUT2D eigenvalue weighted by atomic mass is 10.1. The third-order valence-corrected chi connectivity index (χ3v) is 6.25. The SMILES string of the molecule is CC1Cc2ccccc2N1S(=O)(=O)c1ccc(C(=O)NC(C)(C)C)cc1. The maximum Gasteiger partial charge on any atom is 0.264 e. The van der Waals surface area contributed by atoms with E-state index in [1.54, 1.807) is 12.1 Å². The molecular formula is C20H24N2O3S. The third-order valence-electron chi connectivity index (χ3n) is 4.31. The Balaban J connectivity index is 1.90. The zero-order chi connectivity index (χ0) is 19.1. The van der Waals surface area contributed by atoms with E-state index in [1.165, 1.54) is 16.4 Å². The summed E-state index contributed by atoms with van der Waals surface area (Å²) in [5, 5.41) is 2.87. The number of fused-ring (bicyclic) bond motifs is 1. The molecule has 1 unspecified atom stereocenters. The number of para-hydroxylation sites is 1. The molecule has 0 spiro atoms. The van der Waals surface area contributed by atoms with Gasteiger partial charge in [-0.05, 0) is 70.0 Å². The molecule has 1 aliphatic heterocycles. The second kappa shape index (κ2) is 6.43. The molecule has 26 heavy (non-hydrogen) atoms. The van der Waals surface area contributed by atoms with E-state index in [1.807, 2.05) is 52.0 Å². The molecule has 0 aromatic heterocycles. The highest BCUT2D eigenvalue weighted by Gasteiger charge is 2.35. The van der Waals surface area contributed by atoms with E-state index < -0.39 is 10.0 Å². The van der Waals surface area contributed by atoms with Crippen molar-refractivity contribution in [2.75, 3.05) is 4.31 Å². The van der Waals surface area contributed by atoms with Gasteiger partial charge in [0.1, 0.15) is 0 Å². The lowest BCUT2D eigenvalue weighted by molar-refractivity contribution is 0.0919. The lowest BCUT2D eigenvalue weighted by Crippen LogP contribution is -2.40. The van der Waals surface area contributed by atoms with E-state index in [4.69, 9.17) is 0 Å². The molecule has 1 N–H and O–H groups in total. The first-order valence-corrected chi connectivity index (χ1v) is 10.1. The molecule has 0 radical (unpaired) electrons. The van der Waals surface area contributed by atoms with Crippen LogP contribution in [-0.2, 0) is 16.4 Å². The van der Waals surface area contributed by atoms with Gasteiger partial charge in [-0.3, -0.25) is 9.10 Å². The van der Waals surface area contributed by atoms with Gasteiger partial charge in [0, 0.05) is 17.1 Å². The Morgan fingerprint density at radius 1 is 1.08 bits per heavy atom. The average molecular weight is 372 g/mol. The number of carbonyl (C=O) groups excluding carboxylic acids is 1. The van der Waals surface area contributed by atoms with Crippen LogP contribution in [0.5, 0.6) is 0 Å². The van der Waals surface area contributed by atoms with Gasteiger partial charge in [-0.2, -0.15) is 0 Å². The van der Waals surface area contributed by atoms with Crippen LogP contribution < -0.4 is 9.62 Å². The molecule has 0 fully saturated rings. The van der Waals surface area contributed by atoms with E-state index in [9.17, 15) is 13.2 Å². The number of hydrogen-bond acceptors (Lipinski definition) is 3. The zero-order valence-corrected chi connectivity index (χ0v) is 16.3. The number of benzene rings is 2. The molecule has 6 heteroatoms. The van der Waals surface area contributed by atoms with Gasteiger partial charge in [0.15, 0.2) is 0 Å². The Kier molecular flexibility index (Phi) is 4.56. The van der Waals surface area contributed by atoms with Crippen molar-refractivity contribution in [2.24, 2.45) is 0 Å². The highest BCUT2D eigenvalue weighted by atomic mass is 32.2. The zero-order valence-electron chi connectivity index (χ0n) is 15.5. The summed E-state index contributed by atoms with van der Waals surface area (Å²) in [7, 11) is -3.68. The topological polar surface area (TPSA) is 66.5 Å². The summed E-state index contributed by atoms with van der Waals surface area (Å²) < 4.78 is 27.8. The van der Waals surface area contributed by atoms with Crippen molar-refractivity contribution in [3.63, 3.8) is 0 Å². The van der Waals surface area contributed by atoms with Crippen LogP contribution in [0.15, 0.2) is 53.4 Å². The molecule has 1 amide bonds. The first kappa shape index (κ1) is 18.5. The Morgan fingerprint density at radius 3 is 2.31 bits per heavy atom. The molecule has 0 saturated carbocycles. The van der Waals surface area contributed by atoms with Crippen LogP contribution in [0.25, 0.3) is 0 Å². The van der Waals surface area contributed by atoms with E-state index >= 15 is 0 Å². The van der Waals surface area contributed by atoms with Crippen LogP contribution in [0.2, 0.25) is 0 Å². The van der Waals surface area contributed by atoms with E-state index in [-0.39, 0.29) is 22.4 Å². The minimum atomic E-state index is -3.68. The average Bonchev–Trinajstić information content (AvgIpc) is 2.89. The molecule has 1 atom stereocenters. The number of carbonyl (C=O) groups is 1. The van der Waals surface area contributed by atoms with Crippen LogP contribution in [-0.4, -0.2) is 25.9 Å². The van der Waals surface area contributed by atoms with E-state index in [0.717, 1.165) is 11.3 Å². The smallest absolute Gasteiger partial charge is 0.264 e. The van der Waals surface area contributed by atoms with Crippen LogP contribution in [0.3, 0.4) is 0 Å². The highest BCUT2D eigenvalue weighted by Crippen LogP contribution is 2.36. The van der Waals surface area contributed by atoms with Gasteiger partial charge in [-0.25, -0.2) is 8.42 Å². The van der Waals surface area contributed by atoms with Crippen LogP contribution in [0.4, 0.5) is 5.69 Å². The molecule has 0 saturated heterocycles. The van der Waals surface area contributed by atoms with Gasteiger partial charge in [-0.1, -0.05) is 18.2 Å². The fourth-order valence-corrected chi connectivity index (χ4v) is 4.90. The molecule has 0 aliphatic carbocycles. The first-order chi connectivity index (χ1) is 12.1. The lowest BCUT2D eigenvalue weighted by Gasteiger charge is -2.24. The molecule has 0 bridgehead atoms. The Hall–Kier alpha value is -2.34. The molecule has 5 nitrogen and oxygen atoms in total. The predicted octanol–water partition coefficient (Wildman–Crippen LogP) is 3.35. The van der Waals surface area contributed by atoms with Crippen LogP contribution in [0.1, 0.15) is 43.6 Å². The minimum absolute atomic E-state index is 0.138. The summed E-state index contributed by atoms with van der Waals surface area (Å²) in [6.07, 6.45) is 0.696. The molecule has 1 aliphatic rings. The van der Waals surface area contributed by atoms with E-state index in [2.05, 4.69) is 5.32 Å². The number of nitrogens with one attached hydrogen (secondary N) is 1. The second-order valence-electron chi connectivity index (χ2n) is 7.71. The predicted molar refractivity (Wildman–Crippen MR) is 103 cm³/mol. The molecular weight excluding hydrogens is 348 g/mol. The maximum atomic E-state index is 13.1. The van der Waals surface area contributed by atoms with Crippen molar-refractivity contribution in [1.82, 2.24) is 5.32 Å². The standard InChI is InChI=1S/C20H24N2O3S/c1-14-13-16-7-5-6-8-18(16)22(14)26(24,25)17-11-9-15(10-12-17)19(23)21-20(2,3)4/h5-12,14H,13H2,1-4H3,(H,21,23). The summed E-state index contributed by atoms with van der Waals surface area (Å²) in [6, 6.07) is 13.5. The molecule has 2 aromatic rings. The molecule has 2 aromatic carbocycles. The molecule has 3 rings (SSSR count). The summed E-state index contributed by atoms with van der Waals surface area (Å²) in [5.41, 5.74) is 1.85. The van der Waals surface area contributed by atoms with Crippen molar-refractivity contribution in [3.8, 4) is 0 Å². The van der Waals surface area contributed by atoms with Crippen LogP contribution >= 0.6 is 0 Å². The first-order valence-electron chi connectivity index (χ1n) is 8.64. The van der Waals surface area contributed by atoms with Crippen molar-refractivity contribution in [3.05, 3.63) is 59.7 Å². The summed E-state index contributed by atoms with van der Waals surface area (Å²) in [4.78, 5) is 12.4. The van der Waals surface area contributed by atoms with Crippen molar-refractivity contribution in [1.29, 1.82) is 0 Å². The van der Waals surface area contributed by atoms with Gasteiger partial charge in [-0.15, -0.1) is 0 Å².